The summed E-state index contributed by atoms with van der Waals surface area (Å²) in [6, 6.07) is 4.75. The highest BCUT2D eigenvalue weighted by Crippen LogP contribution is 2.26. The van der Waals surface area contributed by atoms with Crippen molar-refractivity contribution >= 4 is 37.8 Å². The molecular formula is C7H5BrClFO2S. The highest BCUT2D eigenvalue weighted by atomic mass is 79.9. The lowest BCUT2D eigenvalue weighted by Crippen LogP contribution is -1.97. The van der Waals surface area contributed by atoms with Gasteiger partial charge in [0, 0.05) is 15.1 Å². The predicted molar refractivity (Wildman–Crippen MR) is 52.9 cm³/mol. The third-order valence-electron chi connectivity index (χ3n) is 1.38. The Labute approximate surface area is 89.1 Å². The van der Waals surface area contributed by atoms with Crippen molar-refractivity contribution in [2.45, 2.75) is 5.75 Å². The molecule has 72 valence electrons. The van der Waals surface area contributed by atoms with Gasteiger partial charge in [-0.2, -0.15) is 8.42 Å². The van der Waals surface area contributed by atoms with Gasteiger partial charge >= 0.3 is 10.2 Å². The summed E-state index contributed by atoms with van der Waals surface area (Å²) in [6.45, 7) is 0. The van der Waals surface area contributed by atoms with Crippen molar-refractivity contribution in [3.8, 4) is 0 Å². The van der Waals surface area contributed by atoms with Gasteiger partial charge in [-0.05, 0) is 12.1 Å². The van der Waals surface area contributed by atoms with Crippen LogP contribution in [0.2, 0.25) is 5.02 Å². The molecule has 0 saturated carbocycles. The Bertz CT molecular complexity index is 398. The van der Waals surface area contributed by atoms with Gasteiger partial charge in [0.15, 0.2) is 0 Å². The molecule has 0 radical (unpaired) electrons. The minimum atomic E-state index is -4.54. The van der Waals surface area contributed by atoms with Gasteiger partial charge in [-0.25, -0.2) is 0 Å². The van der Waals surface area contributed by atoms with Crippen LogP contribution in [0.3, 0.4) is 0 Å². The second-order valence-electron chi connectivity index (χ2n) is 2.38. The van der Waals surface area contributed by atoms with Gasteiger partial charge < -0.3 is 0 Å². The largest absolute Gasteiger partial charge is 0.306 e. The van der Waals surface area contributed by atoms with Gasteiger partial charge in [0.25, 0.3) is 0 Å². The Morgan fingerprint density at radius 3 is 2.54 bits per heavy atom. The molecule has 0 aliphatic rings. The van der Waals surface area contributed by atoms with Gasteiger partial charge in [0.1, 0.15) is 5.75 Å². The Morgan fingerprint density at radius 2 is 2.08 bits per heavy atom. The number of halogens is 3. The van der Waals surface area contributed by atoms with E-state index in [2.05, 4.69) is 15.9 Å². The SMILES string of the molecule is O=S(=O)(F)Cc1c(Cl)cccc1Br. The molecule has 0 saturated heterocycles. The van der Waals surface area contributed by atoms with Crippen molar-refractivity contribution in [3.05, 3.63) is 33.3 Å². The van der Waals surface area contributed by atoms with Crippen LogP contribution in [0.4, 0.5) is 3.89 Å². The molecule has 0 aliphatic carbocycles. The molecule has 6 heteroatoms. The van der Waals surface area contributed by atoms with Crippen molar-refractivity contribution in [1.82, 2.24) is 0 Å². The number of hydrogen-bond acceptors (Lipinski definition) is 2. The van der Waals surface area contributed by atoms with Gasteiger partial charge in [0.2, 0.25) is 0 Å². The fourth-order valence-electron chi connectivity index (χ4n) is 0.843. The van der Waals surface area contributed by atoms with Crippen molar-refractivity contribution in [3.63, 3.8) is 0 Å². The van der Waals surface area contributed by atoms with E-state index in [-0.39, 0.29) is 10.6 Å². The molecule has 0 spiro atoms. The van der Waals surface area contributed by atoms with Gasteiger partial charge in [-0.15, -0.1) is 3.89 Å². The lowest BCUT2D eigenvalue weighted by molar-refractivity contribution is 0.551. The van der Waals surface area contributed by atoms with Gasteiger partial charge in [-0.3, -0.25) is 0 Å². The molecule has 1 aromatic rings. The minimum absolute atomic E-state index is 0.232. The van der Waals surface area contributed by atoms with E-state index in [0.717, 1.165) is 0 Å². The normalized spacial score (nSPS) is 11.6. The fraction of sp³-hybridized carbons (Fsp3) is 0.143. The van der Waals surface area contributed by atoms with Crippen LogP contribution in [0.15, 0.2) is 22.7 Å². The summed E-state index contributed by atoms with van der Waals surface area (Å²) in [7, 11) is -4.54. The maximum absolute atomic E-state index is 12.3. The molecule has 0 aliphatic heterocycles. The van der Waals surface area contributed by atoms with E-state index in [0.29, 0.717) is 4.47 Å². The maximum atomic E-state index is 12.3. The molecule has 0 fully saturated rings. The van der Waals surface area contributed by atoms with Crippen LogP contribution in [0.1, 0.15) is 5.56 Å². The first-order valence-corrected chi connectivity index (χ1v) is 5.98. The average Bonchev–Trinajstić information content (AvgIpc) is 1.95. The van der Waals surface area contributed by atoms with Gasteiger partial charge in [0.05, 0.1) is 0 Å². The Hall–Kier alpha value is -0.130. The van der Waals surface area contributed by atoms with Crippen molar-refractivity contribution < 1.29 is 12.3 Å². The number of benzene rings is 1. The third kappa shape index (κ3) is 3.25. The zero-order valence-corrected chi connectivity index (χ0v) is 9.46. The fourth-order valence-corrected chi connectivity index (χ4v) is 2.63. The van der Waals surface area contributed by atoms with Crippen LogP contribution >= 0.6 is 27.5 Å². The average molecular weight is 288 g/mol. The third-order valence-corrected chi connectivity index (χ3v) is 3.11. The summed E-state index contributed by atoms with van der Waals surface area (Å²) in [5.74, 6) is -0.701. The Kier molecular flexibility index (Phi) is 3.32. The summed E-state index contributed by atoms with van der Waals surface area (Å²) in [6.07, 6.45) is 0. The minimum Gasteiger partial charge on any atom is -0.194 e. The second-order valence-corrected chi connectivity index (χ2v) is 5.01. The zero-order valence-electron chi connectivity index (χ0n) is 6.30. The number of hydrogen-bond donors (Lipinski definition) is 0. The van der Waals surface area contributed by atoms with Crippen molar-refractivity contribution in [2.75, 3.05) is 0 Å². The molecule has 0 unspecified atom stereocenters. The van der Waals surface area contributed by atoms with Crippen LogP contribution in [-0.2, 0) is 16.0 Å². The molecule has 1 rings (SSSR count). The van der Waals surface area contributed by atoms with E-state index in [4.69, 9.17) is 11.6 Å². The first kappa shape index (κ1) is 10.9. The monoisotopic (exact) mass is 286 g/mol. The van der Waals surface area contributed by atoms with E-state index in [1.54, 1.807) is 12.1 Å². The van der Waals surface area contributed by atoms with Crippen LogP contribution in [0.25, 0.3) is 0 Å². The molecule has 1 aromatic carbocycles. The second kappa shape index (κ2) is 3.94. The lowest BCUT2D eigenvalue weighted by atomic mass is 10.2. The van der Waals surface area contributed by atoms with Crippen LogP contribution in [0.5, 0.6) is 0 Å². The predicted octanol–water partition coefficient (Wildman–Crippen LogP) is 2.90. The maximum Gasteiger partial charge on any atom is 0.306 e. The van der Waals surface area contributed by atoms with Crippen molar-refractivity contribution in [1.29, 1.82) is 0 Å². The molecule has 0 bridgehead atoms. The Balaban J connectivity index is 3.15. The first-order valence-electron chi connectivity index (χ1n) is 3.25. The van der Waals surface area contributed by atoms with Crippen LogP contribution in [0, 0.1) is 0 Å². The van der Waals surface area contributed by atoms with E-state index in [1.807, 2.05) is 0 Å². The summed E-state index contributed by atoms with van der Waals surface area (Å²) in [5, 5.41) is 0.232. The molecule has 0 amide bonds. The summed E-state index contributed by atoms with van der Waals surface area (Å²) >= 11 is 8.76. The van der Waals surface area contributed by atoms with E-state index >= 15 is 0 Å². The van der Waals surface area contributed by atoms with Crippen LogP contribution < -0.4 is 0 Å². The summed E-state index contributed by atoms with van der Waals surface area (Å²) in [4.78, 5) is 0. The van der Waals surface area contributed by atoms with E-state index < -0.39 is 16.0 Å². The van der Waals surface area contributed by atoms with Crippen molar-refractivity contribution in [2.24, 2.45) is 0 Å². The van der Waals surface area contributed by atoms with Crippen LogP contribution in [-0.4, -0.2) is 8.42 Å². The lowest BCUT2D eigenvalue weighted by Gasteiger charge is -2.02. The highest BCUT2D eigenvalue weighted by Gasteiger charge is 2.14. The molecule has 13 heavy (non-hydrogen) atoms. The highest BCUT2D eigenvalue weighted by molar-refractivity contribution is 9.10. The summed E-state index contributed by atoms with van der Waals surface area (Å²) in [5.41, 5.74) is 0.242. The van der Waals surface area contributed by atoms with Gasteiger partial charge in [-0.1, -0.05) is 33.6 Å². The van der Waals surface area contributed by atoms with E-state index in [1.165, 1.54) is 6.07 Å². The first-order chi connectivity index (χ1) is 5.90. The molecule has 0 heterocycles. The number of rotatable bonds is 2. The quantitative estimate of drug-likeness (QED) is 0.784. The molecular weight excluding hydrogens is 282 g/mol. The standard InChI is InChI=1S/C7H5BrClFO2S/c8-6-2-1-3-7(9)5(6)4-13(10,11)12/h1-3H,4H2. The Morgan fingerprint density at radius 1 is 1.46 bits per heavy atom. The zero-order chi connectivity index (χ0) is 10.1. The molecule has 0 atom stereocenters. The van der Waals surface area contributed by atoms with E-state index in [9.17, 15) is 12.3 Å². The molecule has 2 nitrogen and oxygen atoms in total. The molecule has 0 N–H and O–H groups in total. The summed E-state index contributed by atoms with van der Waals surface area (Å²) < 4.78 is 33.5. The topological polar surface area (TPSA) is 34.1 Å². The molecule has 0 aromatic heterocycles. The smallest absolute Gasteiger partial charge is 0.194 e.